The van der Waals surface area contributed by atoms with Gasteiger partial charge in [0.05, 0.1) is 10.9 Å². The van der Waals surface area contributed by atoms with Crippen LogP contribution in [0.5, 0.6) is 0 Å². The summed E-state index contributed by atoms with van der Waals surface area (Å²) in [7, 11) is 0. The molecule has 0 atom stereocenters. The molecule has 4 rings (SSSR count). The van der Waals surface area contributed by atoms with E-state index in [1.54, 1.807) is 24.4 Å². The van der Waals surface area contributed by atoms with Crippen molar-refractivity contribution >= 4 is 28.6 Å². The zero-order chi connectivity index (χ0) is 19.3. The van der Waals surface area contributed by atoms with Crippen molar-refractivity contribution in [2.75, 3.05) is 42.9 Å². The smallest absolute Gasteiger partial charge is 0.260 e. The number of nitrogens with one attached hydrogen (secondary N) is 2. The highest BCUT2D eigenvalue weighted by Crippen LogP contribution is 2.13. The van der Waals surface area contributed by atoms with Crippen molar-refractivity contribution in [2.45, 2.75) is 6.42 Å². The summed E-state index contributed by atoms with van der Waals surface area (Å²) in [6.45, 7) is 3.33. The summed E-state index contributed by atoms with van der Waals surface area (Å²) < 4.78 is 0. The van der Waals surface area contributed by atoms with Crippen LogP contribution in [-0.4, -0.2) is 58.5 Å². The number of aromatic amines is 1. The van der Waals surface area contributed by atoms with Crippen LogP contribution in [0.1, 0.15) is 6.42 Å². The van der Waals surface area contributed by atoms with Gasteiger partial charge in [-0.1, -0.05) is 18.2 Å². The minimum absolute atomic E-state index is 0.0938. The molecule has 0 unspecified atom stereocenters. The quantitative estimate of drug-likeness (QED) is 0.698. The second-order valence-corrected chi connectivity index (χ2v) is 6.66. The lowest BCUT2D eigenvalue weighted by molar-refractivity contribution is -0.131. The first-order chi connectivity index (χ1) is 13.7. The number of piperazine rings is 1. The molecule has 8 heteroatoms. The molecule has 1 saturated heterocycles. The van der Waals surface area contributed by atoms with Crippen LogP contribution in [0.2, 0.25) is 0 Å². The molecule has 1 amide bonds. The third kappa shape index (κ3) is 3.95. The summed E-state index contributed by atoms with van der Waals surface area (Å²) in [5, 5.41) is 3.60. The Morgan fingerprint density at radius 3 is 2.64 bits per heavy atom. The van der Waals surface area contributed by atoms with Crippen molar-refractivity contribution in [1.29, 1.82) is 0 Å². The number of pyridine rings is 1. The lowest BCUT2D eigenvalue weighted by atomic mass is 10.2. The van der Waals surface area contributed by atoms with Crippen LogP contribution in [0.4, 0.5) is 11.8 Å². The largest absolute Gasteiger partial charge is 0.355 e. The Kier molecular flexibility index (Phi) is 5.18. The Balaban J connectivity index is 1.28. The number of H-pyrrole nitrogens is 1. The lowest BCUT2D eigenvalue weighted by Crippen LogP contribution is -2.49. The molecular formula is C20H22N6O2. The lowest BCUT2D eigenvalue weighted by Gasteiger charge is -2.35. The molecule has 1 aromatic carbocycles. The predicted molar refractivity (Wildman–Crippen MR) is 109 cm³/mol. The number of nitrogens with zero attached hydrogens (tertiary/aromatic N) is 4. The van der Waals surface area contributed by atoms with E-state index in [0.717, 1.165) is 18.9 Å². The topological polar surface area (TPSA) is 94.2 Å². The molecule has 1 fully saturated rings. The number of carbonyl (C=O) groups excluding carboxylic acids is 1. The van der Waals surface area contributed by atoms with Gasteiger partial charge in [0.25, 0.3) is 5.56 Å². The van der Waals surface area contributed by atoms with Crippen molar-refractivity contribution in [3.8, 4) is 0 Å². The van der Waals surface area contributed by atoms with E-state index in [4.69, 9.17) is 0 Å². The summed E-state index contributed by atoms with van der Waals surface area (Å²) in [6, 6.07) is 13.0. The van der Waals surface area contributed by atoms with Gasteiger partial charge in [-0.15, -0.1) is 0 Å². The minimum atomic E-state index is -0.190. The fourth-order valence-electron chi connectivity index (χ4n) is 3.34. The van der Waals surface area contributed by atoms with Gasteiger partial charge in [0, 0.05) is 45.3 Å². The molecule has 0 bridgehead atoms. The summed E-state index contributed by atoms with van der Waals surface area (Å²) in [5.74, 6) is 1.43. The highest BCUT2D eigenvalue weighted by Gasteiger charge is 2.21. The number of rotatable bonds is 5. The second-order valence-electron chi connectivity index (χ2n) is 6.66. The van der Waals surface area contributed by atoms with Crippen molar-refractivity contribution in [3.05, 3.63) is 59.0 Å². The Morgan fingerprint density at radius 2 is 1.86 bits per heavy atom. The molecule has 2 aromatic heterocycles. The van der Waals surface area contributed by atoms with Gasteiger partial charge in [-0.05, 0) is 24.3 Å². The van der Waals surface area contributed by atoms with Gasteiger partial charge in [0.2, 0.25) is 11.9 Å². The van der Waals surface area contributed by atoms with Gasteiger partial charge >= 0.3 is 0 Å². The number of benzene rings is 1. The summed E-state index contributed by atoms with van der Waals surface area (Å²) in [4.78, 5) is 40.1. The van der Waals surface area contributed by atoms with Crippen molar-refractivity contribution in [3.63, 3.8) is 0 Å². The zero-order valence-electron chi connectivity index (χ0n) is 15.5. The van der Waals surface area contributed by atoms with Crippen molar-refractivity contribution in [2.24, 2.45) is 0 Å². The number of carbonyl (C=O) groups is 1. The Bertz CT molecular complexity index is 1010. The molecule has 144 valence electrons. The summed E-state index contributed by atoms with van der Waals surface area (Å²) in [6.07, 6.45) is 2.13. The molecule has 1 aliphatic rings. The molecule has 2 N–H and O–H groups in total. The van der Waals surface area contributed by atoms with E-state index in [1.165, 1.54) is 0 Å². The Morgan fingerprint density at radius 1 is 1.07 bits per heavy atom. The van der Waals surface area contributed by atoms with Crippen molar-refractivity contribution < 1.29 is 4.79 Å². The molecule has 28 heavy (non-hydrogen) atoms. The Hall–Kier alpha value is -3.42. The first-order valence-electron chi connectivity index (χ1n) is 9.37. The molecular weight excluding hydrogens is 356 g/mol. The first kappa shape index (κ1) is 18.0. The van der Waals surface area contributed by atoms with E-state index in [2.05, 4.69) is 25.2 Å². The summed E-state index contributed by atoms with van der Waals surface area (Å²) in [5.41, 5.74) is 0.441. The van der Waals surface area contributed by atoms with E-state index in [1.807, 2.05) is 29.2 Å². The standard InChI is InChI=1S/C20H22N6O2/c27-18(26-13-11-25(12-14-26)17-7-3-4-9-21-17)8-10-22-20-23-16-6-2-1-5-15(16)19(28)24-20/h1-7,9H,8,10-14H2,(H2,22,23,24,28). The molecule has 0 aliphatic carbocycles. The number of amides is 1. The van der Waals surface area contributed by atoms with E-state index in [0.29, 0.717) is 42.9 Å². The fraction of sp³-hybridized carbons (Fsp3) is 0.300. The van der Waals surface area contributed by atoms with Gasteiger partial charge in [0.15, 0.2) is 0 Å². The average Bonchev–Trinajstić information content (AvgIpc) is 2.74. The number of fused-ring (bicyclic) bond motifs is 1. The van der Waals surface area contributed by atoms with Crippen molar-refractivity contribution in [1.82, 2.24) is 19.9 Å². The van der Waals surface area contributed by atoms with Crippen LogP contribution in [0.25, 0.3) is 10.9 Å². The van der Waals surface area contributed by atoms with Crippen LogP contribution in [0.3, 0.4) is 0 Å². The van der Waals surface area contributed by atoms with Crippen LogP contribution in [-0.2, 0) is 4.79 Å². The number of para-hydroxylation sites is 1. The van der Waals surface area contributed by atoms with Crippen LogP contribution in [0.15, 0.2) is 53.5 Å². The minimum Gasteiger partial charge on any atom is -0.355 e. The summed E-state index contributed by atoms with van der Waals surface area (Å²) >= 11 is 0. The maximum absolute atomic E-state index is 12.5. The van der Waals surface area contributed by atoms with Crippen LogP contribution < -0.4 is 15.8 Å². The van der Waals surface area contributed by atoms with Gasteiger partial charge in [-0.25, -0.2) is 9.97 Å². The highest BCUT2D eigenvalue weighted by molar-refractivity contribution is 5.79. The molecule has 3 heterocycles. The number of aromatic nitrogens is 3. The van der Waals surface area contributed by atoms with Crippen LogP contribution >= 0.6 is 0 Å². The molecule has 8 nitrogen and oxygen atoms in total. The number of anilines is 2. The molecule has 3 aromatic rings. The maximum atomic E-state index is 12.5. The maximum Gasteiger partial charge on any atom is 0.260 e. The van der Waals surface area contributed by atoms with Gasteiger partial charge in [-0.2, -0.15) is 0 Å². The van der Waals surface area contributed by atoms with Gasteiger partial charge in [-0.3, -0.25) is 14.6 Å². The predicted octanol–water partition coefficient (Wildman–Crippen LogP) is 1.47. The first-order valence-corrected chi connectivity index (χ1v) is 9.37. The third-order valence-electron chi connectivity index (χ3n) is 4.85. The Labute approximate surface area is 162 Å². The van der Waals surface area contributed by atoms with Gasteiger partial charge < -0.3 is 15.1 Å². The van der Waals surface area contributed by atoms with E-state index >= 15 is 0 Å². The molecule has 0 spiro atoms. The van der Waals surface area contributed by atoms with Gasteiger partial charge in [0.1, 0.15) is 5.82 Å². The average molecular weight is 378 g/mol. The molecule has 1 aliphatic heterocycles. The third-order valence-corrected chi connectivity index (χ3v) is 4.85. The zero-order valence-corrected chi connectivity index (χ0v) is 15.5. The highest BCUT2D eigenvalue weighted by atomic mass is 16.2. The second kappa shape index (κ2) is 8.08. The number of hydrogen-bond donors (Lipinski definition) is 2. The normalized spacial score (nSPS) is 14.3. The SMILES string of the molecule is O=C(CCNc1nc2ccccc2c(=O)[nH]1)N1CCN(c2ccccn2)CC1. The fourth-order valence-corrected chi connectivity index (χ4v) is 3.34. The van der Waals surface area contributed by atoms with E-state index in [-0.39, 0.29) is 11.5 Å². The van der Waals surface area contributed by atoms with E-state index in [9.17, 15) is 9.59 Å². The molecule has 0 saturated carbocycles. The number of hydrogen-bond acceptors (Lipinski definition) is 6. The van der Waals surface area contributed by atoms with E-state index < -0.39 is 0 Å². The monoisotopic (exact) mass is 378 g/mol. The van der Waals surface area contributed by atoms with Crippen LogP contribution in [0, 0.1) is 0 Å². The molecule has 0 radical (unpaired) electrons.